The van der Waals surface area contributed by atoms with E-state index in [2.05, 4.69) is 13.2 Å². The Labute approximate surface area is 136 Å². The van der Waals surface area contributed by atoms with Crippen molar-refractivity contribution in [3.63, 3.8) is 0 Å². The van der Waals surface area contributed by atoms with Gasteiger partial charge in [0.25, 0.3) is 0 Å². The van der Waals surface area contributed by atoms with Crippen LogP contribution in [0.4, 0.5) is 5.69 Å². The van der Waals surface area contributed by atoms with Gasteiger partial charge in [0.1, 0.15) is 16.7 Å². The molecule has 6 heteroatoms. The molecule has 1 aromatic carbocycles. The predicted octanol–water partition coefficient (Wildman–Crippen LogP) is 2.78. The van der Waals surface area contributed by atoms with Crippen LogP contribution in [-0.4, -0.2) is 18.2 Å². The molecule has 1 N–H and O–H groups in total. The lowest BCUT2D eigenvalue weighted by molar-refractivity contribution is 0.463. The standard InChI is InChI=1S/C18H15NO5/c1-3-7-19(8-4-2)11-5-6-12-14(9-11)23-18(22)16-13(20)10-15(21)24-17(12)16/h3-6,9-10,20H,1-2,7-8H2. The van der Waals surface area contributed by atoms with Gasteiger partial charge in [-0.3, -0.25) is 0 Å². The van der Waals surface area contributed by atoms with Crippen molar-refractivity contribution >= 4 is 27.6 Å². The fourth-order valence-corrected chi connectivity index (χ4v) is 2.60. The highest BCUT2D eigenvalue weighted by molar-refractivity contribution is 6.03. The molecule has 0 bridgehead atoms. The summed E-state index contributed by atoms with van der Waals surface area (Å²) in [6.45, 7) is 8.61. The van der Waals surface area contributed by atoms with E-state index in [9.17, 15) is 14.7 Å². The Morgan fingerprint density at radius 3 is 2.46 bits per heavy atom. The van der Waals surface area contributed by atoms with E-state index in [1.165, 1.54) is 0 Å². The topological polar surface area (TPSA) is 83.9 Å². The second kappa shape index (κ2) is 6.08. The number of anilines is 1. The molecule has 24 heavy (non-hydrogen) atoms. The van der Waals surface area contributed by atoms with Gasteiger partial charge in [0.05, 0.1) is 11.5 Å². The summed E-state index contributed by atoms with van der Waals surface area (Å²) in [5.41, 5.74) is -0.438. The number of nitrogens with zero attached hydrogens (tertiary/aromatic N) is 1. The van der Waals surface area contributed by atoms with Crippen molar-refractivity contribution in [1.82, 2.24) is 0 Å². The molecule has 0 unspecified atom stereocenters. The highest BCUT2D eigenvalue weighted by Gasteiger charge is 2.16. The molecule has 0 saturated heterocycles. The van der Waals surface area contributed by atoms with Gasteiger partial charge in [-0.15, -0.1) is 13.2 Å². The molecule has 0 amide bonds. The third-order valence-corrected chi connectivity index (χ3v) is 3.62. The maximum Gasteiger partial charge on any atom is 0.351 e. The van der Waals surface area contributed by atoms with Crippen LogP contribution in [0.25, 0.3) is 21.9 Å². The zero-order valence-corrected chi connectivity index (χ0v) is 12.8. The van der Waals surface area contributed by atoms with Crippen molar-refractivity contribution in [3.8, 4) is 5.75 Å². The third-order valence-electron chi connectivity index (χ3n) is 3.62. The molecule has 2 heterocycles. The Morgan fingerprint density at radius 2 is 1.79 bits per heavy atom. The van der Waals surface area contributed by atoms with E-state index >= 15 is 0 Å². The monoisotopic (exact) mass is 325 g/mol. The number of aromatic hydroxyl groups is 1. The molecule has 0 aliphatic heterocycles. The molecule has 0 fully saturated rings. The minimum Gasteiger partial charge on any atom is -0.507 e. The minimum absolute atomic E-state index is 0.0109. The lowest BCUT2D eigenvalue weighted by Crippen LogP contribution is -2.22. The first-order valence-corrected chi connectivity index (χ1v) is 7.25. The summed E-state index contributed by atoms with van der Waals surface area (Å²) in [5.74, 6) is -0.457. The van der Waals surface area contributed by atoms with Gasteiger partial charge in [-0.25, -0.2) is 9.59 Å². The van der Waals surface area contributed by atoms with Crippen LogP contribution in [0.15, 0.2) is 68.0 Å². The SMILES string of the molecule is C=CCN(CC=C)c1ccc2c(c1)oc(=O)c1c(O)cc(=O)oc12. The van der Waals surface area contributed by atoms with Crippen molar-refractivity contribution in [3.05, 3.63) is 70.4 Å². The van der Waals surface area contributed by atoms with Crippen molar-refractivity contribution in [2.75, 3.05) is 18.0 Å². The van der Waals surface area contributed by atoms with Crippen molar-refractivity contribution in [2.45, 2.75) is 0 Å². The van der Waals surface area contributed by atoms with Crippen LogP contribution < -0.4 is 16.2 Å². The number of hydrogen-bond acceptors (Lipinski definition) is 6. The molecular formula is C18H15NO5. The van der Waals surface area contributed by atoms with Gasteiger partial charge in [0.15, 0.2) is 5.58 Å². The summed E-state index contributed by atoms with van der Waals surface area (Å²) in [5, 5.41) is 10.1. The van der Waals surface area contributed by atoms with Gasteiger partial charge in [0.2, 0.25) is 0 Å². The van der Waals surface area contributed by atoms with Crippen molar-refractivity contribution in [1.29, 1.82) is 0 Å². The van der Waals surface area contributed by atoms with E-state index in [4.69, 9.17) is 8.83 Å². The van der Waals surface area contributed by atoms with Gasteiger partial charge in [-0.05, 0) is 12.1 Å². The molecule has 0 aliphatic carbocycles. The average Bonchev–Trinajstić information content (AvgIpc) is 2.53. The quantitative estimate of drug-likeness (QED) is 0.441. The molecule has 3 aromatic rings. The normalized spacial score (nSPS) is 10.8. The lowest BCUT2D eigenvalue weighted by Gasteiger charge is -2.21. The average molecular weight is 325 g/mol. The Bertz CT molecular complexity index is 1050. The smallest absolute Gasteiger partial charge is 0.351 e. The van der Waals surface area contributed by atoms with Gasteiger partial charge < -0.3 is 18.8 Å². The fourth-order valence-electron chi connectivity index (χ4n) is 2.60. The van der Waals surface area contributed by atoms with Crippen LogP contribution in [0.5, 0.6) is 5.75 Å². The predicted molar refractivity (Wildman–Crippen MR) is 92.8 cm³/mol. The van der Waals surface area contributed by atoms with E-state index in [0.717, 1.165) is 11.8 Å². The largest absolute Gasteiger partial charge is 0.507 e. The first-order chi connectivity index (χ1) is 11.5. The van der Waals surface area contributed by atoms with E-state index in [-0.39, 0.29) is 16.6 Å². The highest BCUT2D eigenvalue weighted by atomic mass is 16.4. The Kier molecular flexibility index (Phi) is 3.95. The molecule has 3 rings (SSSR count). The zero-order valence-electron chi connectivity index (χ0n) is 12.8. The lowest BCUT2D eigenvalue weighted by atomic mass is 10.1. The van der Waals surface area contributed by atoms with Gasteiger partial charge in [-0.1, -0.05) is 12.2 Å². The van der Waals surface area contributed by atoms with E-state index < -0.39 is 17.0 Å². The second-order valence-corrected chi connectivity index (χ2v) is 5.21. The maximum absolute atomic E-state index is 12.1. The molecular weight excluding hydrogens is 310 g/mol. The van der Waals surface area contributed by atoms with Crippen LogP contribution in [0, 0.1) is 0 Å². The summed E-state index contributed by atoms with van der Waals surface area (Å²) in [4.78, 5) is 25.6. The van der Waals surface area contributed by atoms with E-state index in [1.54, 1.807) is 30.4 Å². The second-order valence-electron chi connectivity index (χ2n) is 5.21. The summed E-state index contributed by atoms with van der Waals surface area (Å²) in [7, 11) is 0. The molecule has 0 aliphatic rings. The van der Waals surface area contributed by atoms with E-state index in [0.29, 0.717) is 18.5 Å². The van der Waals surface area contributed by atoms with Gasteiger partial charge >= 0.3 is 11.3 Å². The van der Waals surface area contributed by atoms with Gasteiger partial charge in [0, 0.05) is 24.8 Å². The number of fused-ring (bicyclic) bond motifs is 3. The van der Waals surface area contributed by atoms with Crippen LogP contribution >= 0.6 is 0 Å². The highest BCUT2D eigenvalue weighted by Crippen LogP contribution is 2.29. The number of hydrogen-bond donors (Lipinski definition) is 1. The number of rotatable bonds is 5. The molecule has 2 aromatic heterocycles. The summed E-state index contributed by atoms with van der Waals surface area (Å²) < 4.78 is 10.4. The molecule has 0 radical (unpaired) electrons. The van der Waals surface area contributed by atoms with Crippen LogP contribution in [-0.2, 0) is 0 Å². The van der Waals surface area contributed by atoms with Crippen molar-refractivity contribution in [2.24, 2.45) is 0 Å². The molecule has 0 atom stereocenters. The third kappa shape index (κ3) is 2.58. The fraction of sp³-hybridized carbons (Fsp3) is 0.111. The maximum atomic E-state index is 12.1. The van der Waals surface area contributed by atoms with Crippen LogP contribution in [0.3, 0.4) is 0 Å². The summed E-state index contributed by atoms with van der Waals surface area (Å²) in [6.07, 6.45) is 3.50. The van der Waals surface area contributed by atoms with Crippen LogP contribution in [0.2, 0.25) is 0 Å². The van der Waals surface area contributed by atoms with Crippen LogP contribution in [0.1, 0.15) is 0 Å². The van der Waals surface area contributed by atoms with Crippen molar-refractivity contribution < 1.29 is 13.9 Å². The number of benzene rings is 1. The first-order valence-electron chi connectivity index (χ1n) is 7.25. The molecule has 6 nitrogen and oxygen atoms in total. The van der Waals surface area contributed by atoms with E-state index in [1.807, 2.05) is 4.90 Å². The minimum atomic E-state index is -0.769. The molecule has 0 spiro atoms. The zero-order chi connectivity index (χ0) is 17.3. The Balaban J connectivity index is 2.30. The summed E-state index contributed by atoms with van der Waals surface area (Å²) in [6, 6.07) is 6.00. The summed E-state index contributed by atoms with van der Waals surface area (Å²) >= 11 is 0. The van der Waals surface area contributed by atoms with Gasteiger partial charge in [-0.2, -0.15) is 0 Å². The Morgan fingerprint density at radius 1 is 1.08 bits per heavy atom. The molecule has 122 valence electrons. The first kappa shape index (κ1) is 15.6. The molecule has 0 saturated carbocycles. The Hall–Kier alpha value is -3.28.